The Kier molecular flexibility index (Phi) is 11.7. The van der Waals surface area contributed by atoms with Crippen molar-refractivity contribution in [1.82, 2.24) is 0 Å². The first-order valence-electron chi connectivity index (χ1n) is 27.9. The molecule has 13 aromatic carbocycles. The SMILES string of the molecule is CC(C)c1c2oc3cc4cc(N(c5ccccc5)c5ccc(-c6ccccc6)cc5-c5ccccc5)ccc4cc3c2cc2c1oc1cc3cc(N(c4ccccc4)c4ccc(-c5ccccc5)cc4-c4ccccc4)ccc3cc12. The number of benzene rings is 13. The van der Waals surface area contributed by atoms with Gasteiger partial charge in [-0.2, -0.15) is 0 Å². The fourth-order valence-electron chi connectivity index (χ4n) is 12.2. The van der Waals surface area contributed by atoms with Gasteiger partial charge in [0.25, 0.3) is 0 Å². The number of rotatable bonds is 11. The molecular formula is C77H54N2O2. The summed E-state index contributed by atoms with van der Waals surface area (Å²) in [4.78, 5) is 4.76. The number of furan rings is 2. The van der Waals surface area contributed by atoms with Crippen molar-refractivity contribution < 1.29 is 8.83 Å². The lowest BCUT2D eigenvalue weighted by atomic mass is 9.95. The van der Waals surface area contributed by atoms with Gasteiger partial charge in [-0.25, -0.2) is 0 Å². The maximum absolute atomic E-state index is 7.06. The minimum atomic E-state index is 0.123. The molecule has 0 atom stereocenters. The van der Waals surface area contributed by atoms with E-state index in [1.807, 2.05) is 0 Å². The van der Waals surface area contributed by atoms with Gasteiger partial charge in [0, 0.05) is 61.0 Å². The molecule has 0 aliphatic rings. The summed E-state index contributed by atoms with van der Waals surface area (Å²) >= 11 is 0. The number of hydrogen-bond donors (Lipinski definition) is 0. The average molecular weight is 1040 g/mol. The van der Waals surface area contributed by atoms with Crippen molar-refractivity contribution in [3.05, 3.63) is 291 Å². The van der Waals surface area contributed by atoms with E-state index >= 15 is 0 Å². The normalized spacial score (nSPS) is 11.7. The van der Waals surface area contributed by atoms with Crippen molar-refractivity contribution in [2.45, 2.75) is 19.8 Å². The van der Waals surface area contributed by atoms with Crippen LogP contribution in [0.3, 0.4) is 0 Å². The third-order valence-electron chi connectivity index (χ3n) is 16.1. The van der Waals surface area contributed by atoms with Crippen LogP contribution in [-0.4, -0.2) is 0 Å². The quantitative estimate of drug-likeness (QED) is 0.129. The van der Waals surface area contributed by atoms with Crippen LogP contribution in [0.5, 0.6) is 0 Å². The lowest BCUT2D eigenvalue weighted by Crippen LogP contribution is -2.11. The largest absolute Gasteiger partial charge is 0.456 e. The molecule has 0 aliphatic carbocycles. The van der Waals surface area contributed by atoms with E-state index < -0.39 is 0 Å². The lowest BCUT2D eigenvalue weighted by molar-refractivity contribution is 0.638. The summed E-state index contributed by atoms with van der Waals surface area (Å²) in [5, 5.41) is 8.83. The van der Waals surface area contributed by atoms with Crippen LogP contribution < -0.4 is 9.80 Å². The summed E-state index contributed by atoms with van der Waals surface area (Å²) in [6.45, 7) is 4.48. The van der Waals surface area contributed by atoms with Crippen LogP contribution >= 0.6 is 0 Å². The Hall–Kier alpha value is -10.4. The van der Waals surface area contributed by atoms with Gasteiger partial charge in [0.1, 0.15) is 22.3 Å². The first-order valence-corrected chi connectivity index (χ1v) is 27.9. The smallest absolute Gasteiger partial charge is 0.142 e. The molecule has 0 N–H and O–H groups in total. The standard InChI is InChI=1S/C77H54N2O2/c1-50(2)75-76-69(67-45-57-33-37-63(41-59(57)47-73(67)80-76)78(61-29-17-7-18-30-61)71-39-35-55(51-21-9-3-10-22-51)43-65(71)53-25-13-5-14-26-53)49-70-68-46-58-34-38-64(42-60(58)48-74(68)81-77(70)75)79(62-31-19-8-20-32-62)72-40-36-56(52-23-11-4-12-24-52)44-66(72)54-27-15-6-16-28-54/h3-50H,1-2H3. The molecule has 0 aliphatic heterocycles. The second-order valence-corrected chi connectivity index (χ2v) is 21.4. The summed E-state index contributed by atoms with van der Waals surface area (Å²) in [6, 6.07) is 103. The molecule has 0 spiro atoms. The van der Waals surface area contributed by atoms with Gasteiger partial charge in [-0.1, -0.05) is 196 Å². The highest BCUT2D eigenvalue weighted by Crippen LogP contribution is 2.48. The molecular weight excluding hydrogens is 985 g/mol. The number of anilines is 6. The number of fused-ring (bicyclic) bond motifs is 8. The molecule has 15 aromatic rings. The molecule has 0 unspecified atom stereocenters. The van der Waals surface area contributed by atoms with Crippen LogP contribution in [0, 0.1) is 0 Å². The Bertz CT molecular complexity index is 4520. The van der Waals surface area contributed by atoms with Gasteiger partial charge in [0.2, 0.25) is 0 Å². The van der Waals surface area contributed by atoms with E-state index in [-0.39, 0.29) is 5.92 Å². The third-order valence-corrected chi connectivity index (χ3v) is 16.1. The van der Waals surface area contributed by atoms with E-state index in [2.05, 4.69) is 309 Å². The molecule has 0 saturated carbocycles. The third kappa shape index (κ3) is 8.48. The predicted octanol–water partition coefficient (Wildman–Crippen LogP) is 22.5. The first kappa shape index (κ1) is 47.8. The molecule has 0 bridgehead atoms. The highest BCUT2D eigenvalue weighted by atomic mass is 16.3. The number of nitrogens with zero attached hydrogens (tertiary/aromatic N) is 2. The van der Waals surface area contributed by atoms with Crippen LogP contribution in [0.25, 0.3) is 110 Å². The molecule has 15 rings (SSSR count). The van der Waals surface area contributed by atoms with Crippen molar-refractivity contribution >= 4 is 99.5 Å². The molecule has 0 amide bonds. The molecule has 0 radical (unpaired) electrons. The summed E-state index contributed by atoms with van der Waals surface area (Å²) in [7, 11) is 0. The molecule has 0 fully saturated rings. The van der Waals surface area contributed by atoms with Crippen LogP contribution in [0.1, 0.15) is 25.3 Å². The minimum Gasteiger partial charge on any atom is -0.456 e. The van der Waals surface area contributed by atoms with Crippen LogP contribution in [0.15, 0.2) is 294 Å². The van der Waals surface area contributed by atoms with Crippen molar-refractivity contribution in [3.63, 3.8) is 0 Å². The summed E-state index contributed by atoms with van der Waals surface area (Å²) in [6.07, 6.45) is 0. The summed E-state index contributed by atoms with van der Waals surface area (Å²) in [5.41, 5.74) is 20.3. The number of para-hydroxylation sites is 2. The highest BCUT2D eigenvalue weighted by Gasteiger charge is 2.25. The Morgan fingerprint density at radius 2 is 0.642 bits per heavy atom. The molecule has 81 heavy (non-hydrogen) atoms. The van der Waals surface area contributed by atoms with E-state index in [0.717, 1.165) is 127 Å². The maximum Gasteiger partial charge on any atom is 0.142 e. The van der Waals surface area contributed by atoms with E-state index in [0.29, 0.717) is 0 Å². The molecule has 2 aromatic heterocycles. The monoisotopic (exact) mass is 1040 g/mol. The number of hydrogen-bond acceptors (Lipinski definition) is 4. The van der Waals surface area contributed by atoms with Gasteiger partial charge >= 0.3 is 0 Å². The zero-order valence-corrected chi connectivity index (χ0v) is 44.9. The van der Waals surface area contributed by atoms with Crippen LogP contribution in [0.4, 0.5) is 34.1 Å². The second-order valence-electron chi connectivity index (χ2n) is 21.4. The zero-order valence-electron chi connectivity index (χ0n) is 44.9. The zero-order chi connectivity index (χ0) is 54.0. The van der Waals surface area contributed by atoms with E-state index in [4.69, 9.17) is 8.83 Å². The molecule has 4 heteroatoms. The second kappa shape index (κ2) is 19.8. The van der Waals surface area contributed by atoms with Gasteiger partial charge in [0.05, 0.1) is 11.4 Å². The Morgan fingerprint density at radius 1 is 0.272 bits per heavy atom. The fourth-order valence-corrected chi connectivity index (χ4v) is 12.2. The lowest BCUT2D eigenvalue weighted by Gasteiger charge is -2.28. The van der Waals surface area contributed by atoms with Crippen molar-refractivity contribution in [3.8, 4) is 44.5 Å². The predicted molar refractivity (Wildman–Crippen MR) is 341 cm³/mol. The van der Waals surface area contributed by atoms with Crippen LogP contribution in [-0.2, 0) is 0 Å². The average Bonchev–Trinajstić information content (AvgIpc) is 4.01. The van der Waals surface area contributed by atoms with E-state index in [1.165, 1.54) is 22.3 Å². The summed E-state index contributed by atoms with van der Waals surface area (Å²) in [5.74, 6) is 0.123. The van der Waals surface area contributed by atoms with Gasteiger partial charge in [0.15, 0.2) is 0 Å². The van der Waals surface area contributed by atoms with E-state index in [9.17, 15) is 0 Å². The van der Waals surface area contributed by atoms with Crippen molar-refractivity contribution in [2.24, 2.45) is 0 Å². The molecule has 2 heterocycles. The fraction of sp³-hybridized carbons (Fsp3) is 0.0390. The Labute approximate surface area is 470 Å². The maximum atomic E-state index is 7.06. The highest BCUT2D eigenvalue weighted by molar-refractivity contribution is 6.20. The Balaban J connectivity index is 0.848. The van der Waals surface area contributed by atoms with Gasteiger partial charge < -0.3 is 18.6 Å². The van der Waals surface area contributed by atoms with Crippen LogP contribution in [0.2, 0.25) is 0 Å². The van der Waals surface area contributed by atoms with Crippen molar-refractivity contribution in [2.75, 3.05) is 9.80 Å². The Morgan fingerprint density at radius 3 is 1.02 bits per heavy atom. The van der Waals surface area contributed by atoms with Gasteiger partial charge in [-0.05, 0) is 164 Å². The molecule has 384 valence electrons. The first-order chi connectivity index (χ1) is 40.0. The van der Waals surface area contributed by atoms with E-state index in [1.54, 1.807) is 0 Å². The van der Waals surface area contributed by atoms with Gasteiger partial charge in [-0.15, -0.1) is 0 Å². The van der Waals surface area contributed by atoms with Gasteiger partial charge in [-0.3, -0.25) is 0 Å². The topological polar surface area (TPSA) is 32.8 Å². The minimum absolute atomic E-state index is 0.123. The molecule has 4 nitrogen and oxygen atoms in total. The van der Waals surface area contributed by atoms with Crippen molar-refractivity contribution in [1.29, 1.82) is 0 Å². The summed E-state index contributed by atoms with van der Waals surface area (Å²) < 4.78 is 14.1. The molecule has 0 saturated heterocycles.